The van der Waals surface area contributed by atoms with E-state index in [1.807, 2.05) is 5.38 Å². The van der Waals surface area contributed by atoms with Gasteiger partial charge < -0.3 is 10.1 Å². The number of benzene rings is 1. The second kappa shape index (κ2) is 6.11. The zero-order valence-corrected chi connectivity index (χ0v) is 11.3. The Labute approximate surface area is 118 Å². The number of hydrogen-bond donors (Lipinski definition) is 1. The lowest BCUT2D eigenvalue weighted by Crippen LogP contribution is -2.06. The number of rotatable bonds is 5. The maximum Gasteiger partial charge on any atom is 0.337 e. The minimum atomic E-state index is -0.544. The zero-order valence-electron chi connectivity index (χ0n) is 10.5. The zero-order chi connectivity index (χ0) is 14.5. The second-order valence-corrected chi connectivity index (χ2v) is 4.74. The summed E-state index contributed by atoms with van der Waals surface area (Å²) in [6, 6.07) is 4.03. The Morgan fingerprint density at radius 3 is 2.95 bits per heavy atom. The first kappa shape index (κ1) is 13.9. The first-order valence-corrected chi connectivity index (χ1v) is 6.49. The van der Waals surface area contributed by atoms with Crippen molar-refractivity contribution in [3.8, 4) is 0 Å². The van der Waals surface area contributed by atoms with Gasteiger partial charge in [-0.05, 0) is 12.1 Å². The molecule has 0 saturated heterocycles. The molecular weight excluding hydrogens is 282 g/mol. The third-order valence-electron chi connectivity index (χ3n) is 2.53. The van der Waals surface area contributed by atoms with Crippen LogP contribution in [0.5, 0.6) is 0 Å². The number of nitro groups is 1. The molecule has 0 aliphatic heterocycles. The maximum absolute atomic E-state index is 11.4. The fraction of sp³-hybridized carbons (Fsp3) is 0.167. The van der Waals surface area contributed by atoms with E-state index in [-0.39, 0.29) is 16.9 Å². The van der Waals surface area contributed by atoms with Crippen LogP contribution in [0.4, 0.5) is 11.4 Å². The molecule has 7 nitrogen and oxygen atoms in total. The van der Waals surface area contributed by atoms with Gasteiger partial charge in [-0.1, -0.05) is 0 Å². The molecule has 0 aliphatic carbocycles. The third-order valence-corrected chi connectivity index (χ3v) is 3.31. The third kappa shape index (κ3) is 3.09. The molecule has 0 atom stereocenters. The fourth-order valence-electron chi connectivity index (χ4n) is 1.59. The first-order valence-electron chi connectivity index (χ1n) is 5.61. The number of carbonyl (C=O) groups excluding carboxylic acids is 1. The van der Waals surface area contributed by atoms with Crippen LogP contribution >= 0.6 is 11.3 Å². The summed E-state index contributed by atoms with van der Waals surface area (Å²) in [7, 11) is 1.26. The predicted molar refractivity (Wildman–Crippen MR) is 73.9 cm³/mol. The van der Waals surface area contributed by atoms with E-state index in [1.165, 1.54) is 36.6 Å². The van der Waals surface area contributed by atoms with Gasteiger partial charge in [-0.2, -0.15) is 0 Å². The van der Waals surface area contributed by atoms with Gasteiger partial charge in [0.2, 0.25) is 0 Å². The predicted octanol–water partition coefficient (Wildman–Crippen LogP) is 2.45. The molecule has 2 aromatic rings. The van der Waals surface area contributed by atoms with Crippen LogP contribution in [-0.4, -0.2) is 23.0 Å². The summed E-state index contributed by atoms with van der Waals surface area (Å²) in [4.78, 5) is 26.0. The summed E-state index contributed by atoms with van der Waals surface area (Å²) in [6.45, 7) is 0.350. The first-order chi connectivity index (χ1) is 9.61. The molecule has 1 N–H and O–H groups in total. The molecule has 1 heterocycles. The molecule has 0 fully saturated rings. The number of esters is 1. The highest BCUT2D eigenvalue weighted by Gasteiger charge is 2.17. The molecule has 0 bridgehead atoms. The van der Waals surface area contributed by atoms with Gasteiger partial charge in [0.15, 0.2) is 0 Å². The Bertz CT molecular complexity index is 628. The van der Waals surface area contributed by atoms with Crippen molar-refractivity contribution in [2.45, 2.75) is 6.54 Å². The van der Waals surface area contributed by atoms with Crippen LogP contribution in [0.25, 0.3) is 0 Å². The van der Waals surface area contributed by atoms with E-state index < -0.39 is 10.9 Å². The Balaban J connectivity index is 2.26. The van der Waals surface area contributed by atoms with E-state index in [4.69, 9.17) is 0 Å². The number of aromatic nitrogens is 1. The summed E-state index contributed by atoms with van der Waals surface area (Å²) in [5.41, 5.74) is 0.405. The van der Waals surface area contributed by atoms with Gasteiger partial charge in [-0.3, -0.25) is 10.1 Å². The molecule has 104 valence electrons. The molecule has 20 heavy (non-hydrogen) atoms. The quantitative estimate of drug-likeness (QED) is 0.517. The Kier molecular flexibility index (Phi) is 4.26. The van der Waals surface area contributed by atoms with Gasteiger partial charge >= 0.3 is 5.97 Å². The molecule has 0 amide bonds. The fourth-order valence-corrected chi connectivity index (χ4v) is 2.15. The van der Waals surface area contributed by atoms with Crippen LogP contribution in [-0.2, 0) is 11.3 Å². The second-order valence-electron chi connectivity index (χ2n) is 3.76. The Morgan fingerprint density at radius 1 is 1.55 bits per heavy atom. The number of thiazole rings is 1. The van der Waals surface area contributed by atoms with Crippen molar-refractivity contribution in [1.82, 2.24) is 4.98 Å². The van der Waals surface area contributed by atoms with Gasteiger partial charge in [-0.15, -0.1) is 11.3 Å². The van der Waals surface area contributed by atoms with Gasteiger partial charge in [0.25, 0.3) is 5.69 Å². The lowest BCUT2D eigenvalue weighted by Gasteiger charge is -2.07. The monoisotopic (exact) mass is 293 g/mol. The number of ether oxygens (including phenoxy) is 1. The highest BCUT2D eigenvalue weighted by molar-refractivity contribution is 7.09. The van der Waals surface area contributed by atoms with Crippen LogP contribution in [0.3, 0.4) is 0 Å². The van der Waals surface area contributed by atoms with E-state index in [2.05, 4.69) is 15.0 Å². The van der Waals surface area contributed by atoms with Crippen LogP contribution < -0.4 is 5.32 Å². The number of nitro benzene ring substituents is 1. The van der Waals surface area contributed by atoms with Crippen molar-refractivity contribution in [3.63, 3.8) is 0 Å². The topological polar surface area (TPSA) is 94.4 Å². The van der Waals surface area contributed by atoms with Gasteiger partial charge in [0.1, 0.15) is 10.7 Å². The van der Waals surface area contributed by atoms with Crippen molar-refractivity contribution in [3.05, 3.63) is 50.5 Å². The van der Waals surface area contributed by atoms with Crippen molar-refractivity contribution in [1.29, 1.82) is 0 Å². The number of hydrogen-bond acceptors (Lipinski definition) is 7. The number of nitrogens with zero attached hydrogens (tertiary/aromatic N) is 2. The molecule has 0 spiro atoms. The number of nitrogens with one attached hydrogen (secondary N) is 1. The molecular formula is C12H11N3O4S. The molecule has 1 aromatic carbocycles. The van der Waals surface area contributed by atoms with Crippen molar-refractivity contribution in [2.24, 2.45) is 0 Å². The van der Waals surface area contributed by atoms with Crippen molar-refractivity contribution >= 4 is 28.7 Å². The van der Waals surface area contributed by atoms with E-state index >= 15 is 0 Å². The van der Waals surface area contributed by atoms with Gasteiger partial charge in [-0.25, -0.2) is 9.78 Å². The van der Waals surface area contributed by atoms with Crippen LogP contribution in [0.15, 0.2) is 29.8 Å². The standard InChI is InChI=1S/C12H11N3O4S/c1-19-12(16)8-2-3-10(15(17)18)9(6-8)14-7-11-13-4-5-20-11/h2-6,14H,7H2,1H3. The smallest absolute Gasteiger partial charge is 0.337 e. The minimum Gasteiger partial charge on any atom is -0.465 e. The summed E-state index contributed by atoms with van der Waals surface area (Å²) >= 11 is 1.44. The molecule has 0 radical (unpaired) electrons. The average Bonchev–Trinajstić information content (AvgIpc) is 2.97. The summed E-state index contributed by atoms with van der Waals surface area (Å²) < 4.78 is 4.60. The molecule has 2 rings (SSSR count). The molecule has 0 saturated carbocycles. The Hall–Kier alpha value is -2.48. The molecule has 0 aliphatic rings. The van der Waals surface area contributed by atoms with Crippen LogP contribution in [0.2, 0.25) is 0 Å². The highest BCUT2D eigenvalue weighted by Crippen LogP contribution is 2.26. The van der Waals surface area contributed by atoms with Gasteiger partial charge in [0.05, 0.1) is 24.1 Å². The van der Waals surface area contributed by atoms with Gasteiger partial charge in [0, 0.05) is 17.6 Å². The largest absolute Gasteiger partial charge is 0.465 e. The minimum absolute atomic E-state index is 0.103. The number of carbonyl (C=O) groups is 1. The molecule has 8 heteroatoms. The van der Waals surface area contributed by atoms with E-state index in [9.17, 15) is 14.9 Å². The summed E-state index contributed by atoms with van der Waals surface area (Å²) in [5, 5.41) is 16.5. The highest BCUT2D eigenvalue weighted by atomic mass is 32.1. The lowest BCUT2D eigenvalue weighted by molar-refractivity contribution is -0.384. The van der Waals surface area contributed by atoms with Crippen molar-refractivity contribution in [2.75, 3.05) is 12.4 Å². The summed E-state index contributed by atoms with van der Waals surface area (Å²) in [5.74, 6) is -0.544. The van der Waals surface area contributed by atoms with E-state index in [0.717, 1.165) is 5.01 Å². The normalized spacial score (nSPS) is 10.1. The average molecular weight is 293 g/mol. The number of methoxy groups -OCH3 is 1. The Morgan fingerprint density at radius 2 is 2.35 bits per heavy atom. The van der Waals surface area contributed by atoms with Crippen molar-refractivity contribution < 1.29 is 14.5 Å². The van der Waals surface area contributed by atoms with E-state index in [1.54, 1.807) is 6.20 Å². The molecule has 1 aromatic heterocycles. The van der Waals surface area contributed by atoms with Crippen LogP contribution in [0.1, 0.15) is 15.4 Å². The SMILES string of the molecule is COC(=O)c1ccc([N+](=O)[O-])c(NCc2nccs2)c1. The summed E-state index contributed by atoms with van der Waals surface area (Å²) in [6.07, 6.45) is 1.65. The number of anilines is 1. The maximum atomic E-state index is 11.4. The van der Waals surface area contributed by atoms with Crippen LogP contribution in [0, 0.1) is 10.1 Å². The van der Waals surface area contributed by atoms with E-state index in [0.29, 0.717) is 6.54 Å². The molecule has 0 unspecified atom stereocenters. The lowest BCUT2D eigenvalue weighted by atomic mass is 10.1.